The van der Waals surface area contributed by atoms with Crippen molar-refractivity contribution in [1.82, 2.24) is 9.80 Å². The minimum atomic E-state index is 0.00258. The van der Waals surface area contributed by atoms with Gasteiger partial charge in [-0.25, -0.2) is 4.79 Å². The van der Waals surface area contributed by atoms with Gasteiger partial charge in [-0.3, -0.25) is 4.90 Å². The Morgan fingerprint density at radius 3 is 2.52 bits per heavy atom. The lowest BCUT2D eigenvalue weighted by Crippen LogP contribution is -2.38. The van der Waals surface area contributed by atoms with E-state index in [1.165, 1.54) is 11.1 Å². The summed E-state index contributed by atoms with van der Waals surface area (Å²) in [5, 5.41) is 3.02. The zero-order valence-electron chi connectivity index (χ0n) is 15.2. The number of hydrogen-bond donors (Lipinski definition) is 1. The highest BCUT2D eigenvalue weighted by Crippen LogP contribution is 2.13. The van der Waals surface area contributed by atoms with Gasteiger partial charge >= 0.3 is 6.03 Å². The quantitative estimate of drug-likeness (QED) is 0.917. The number of nitrogens with one attached hydrogen (secondary N) is 1. The summed E-state index contributed by atoms with van der Waals surface area (Å²) in [7, 11) is 0. The maximum absolute atomic E-state index is 12.5. The highest BCUT2D eigenvalue weighted by atomic mass is 16.2. The normalized spacial score (nSPS) is 15.7. The van der Waals surface area contributed by atoms with Crippen molar-refractivity contribution in [2.24, 2.45) is 0 Å². The topological polar surface area (TPSA) is 35.6 Å². The number of urea groups is 1. The first-order valence-electron chi connectivity index (χ1n) is 9.01. The Labute approximate surface area is 150 Å². The molecule has 0 spiro atoms. The second-order valence-corrected chi connectivity index (χ2v) is 6.90. The standard InChI is InChI=1S/C21H27N3O/c1-17-7-9-19(10-8-17)16-23-11-4-12-24(14-13-23)21(25)22-20-6-3-5-18(2)15-20/h3,5-10,15H,4,11-14,16H2,1-2H3,(H,22,25). The Kier molecular flexibility index (Phi) is 5.71. The first-order chi connectivity index (χ1) is 12.1. The number of hydrogen-bond acceptors (Lipinski definition) is 2. The number of benzene rings is 2. The fourth-order valence-electron chi connectivity index (χ4n) is 3.21. The molecule has 4 nitrogen and oxygen atoms in total. The van der Waals surface area contributed by atoms with Gasteiger partial charge in [0.2, 0.25) is 0 Å². The number of carbonyl (C=O) groups is 1. The monoisotopic (exact) mass is 337 g/mol. The molecule has 1 aliphatic heterocycles. The third-order valence-corrected chi connectivity index (χ3v) is 4.67. The van der Waals surface area contributed by atoms with Crippen molar-refractivity contribution in [1.29, 1.82) is 0 Å². The predicted molar refractivity (Wildman–Crippen MR) is 103 cm³/mol. The number of anilines is 1. The van der Waals surface area contributed by atoms with Crippen molar-refractivity contribution in [3.8, 4) is 0 Å². The summed E-state index contributed by atoms with van der Waals surface area (Å²) >= 11 is 0. The van der Waals surface area contributed by atoms with E-state index in [1.54, 1.807) is 0 Å². The summed E-state index contributed by atoms with van der Waals surface area (Å²) in [5.74, 6) is 0. The van der Waals surface area contributed by atoms with Crippen LogP contribution in [0.4, 0.5) is 10.5 Å². The smallest absolute Gasteiger partial charge is 0.321 e. The highest BCUT2D eigenvalue weighted by molar-refractivity contribution is 5.89. The van der Waals surface area contributed by atoms with Crippen molar-refractivity contribution in [2.45, 2.75) is 26.8 Å². The molecule has 132 valence electrons. The number of nitrogens with zero attached hydrogens (tertiary/aromatic N) is 2. The van der Waals surface area contributed by atoms with Gasteiger partial charge in [0.1, 0.15) is 0 Å². The molecule has 2 aromatic rings. The number of aryl methyl sites for hydroxylation is 2. The molecule has 4 heteroatoms. The van der Waals surface area contributed by atoms with Gasteiger partial charge in [0.15, 0.2) is 0 Å². The van der Waals surface area contributed by atoms with E-state index < -0.39 is 0 Å². The Morgan fingerprint density at radius 2 is 1.76 bits per heavy atom. The molecule has 2 aromatic carbocycles. The number of rotatable bonds is 3. The van der Waals surface area contributed by atoms with Gasteiger partial charge in [0.05, 0.1) is 0 Å². The van der Waals surface area contributed by atoms with E-state index in [0.717, 1.165) is 50.4 Å². The number of amides is 2. The van der Waals surface area contributed by atoms with E-state index in [0.29, 0.717) is 0 Å². The lowest BCUT2D eigenvalue weighted by atomic mass is 10.1. The predicted octanol–water partition coefficient (Wildman–Crippen LogP) is 4.04. The number of carbonyl (C=O) groups excluding carboxylic acids is 1. The Hall–Kier alpha value is -2.33. The third kappa shape index (κ3) is 5.07. The molecule has 2 amide bonds. The molecule has 0 saturated carbocycles. The van der Waals surface area contributed by atoms with Gasteiger partial charge in [-0.05, 0) is 43.5 Å². The summed E-state index contributed by atoms with van der Waals surface area (Å²) in [6, 6.07) is 16.7. The molecule has 3 rings (SSSR count). The van der Waals surface area contributed by atoms with Gasteiger partial charge in [0.25, 0.3) is 0 Å². The van der Waals surface area contributed by atoms with Crippen molar-refractivity contribution in [3.63, 3.8) is 0 Å². The maximum atomic E-state index is 12.5. The summed E-state index contributed by atoms with van der Waals surface area (Å²) in [6.07, 6.45) is 1.01. The van der Waals surface area contributed by atoms with Crippen LogP contribution in [0.1, 0.15) is 23.1 Å². The van der Waals surface area contributed by atoms with E-state index >= 15 is 0 Å². The van der Waals surface area contributed by atoms with Crippen LogP contribution in [0, 0.1) is 13.8 Å². The second-order valence-electron chi connectivity index (χ2n) is 6.90. The molecule has 0 unspecified atom stereocenters. The summed E-state index contributed by atoms with van der Waals surface area (Å²) < 4.78 is 0. The first kappa shape index (κ1) is 17.5. The lowest BCUT2D eigenvalue weighted by Gasteiger charge is -2.22. The zero-order valence-corrected chi connectivity index (χ0v) is 15.2. The Bertz CT molecular complexity index is 711. The molecule has 1 fully saturated rings. The van der Waals surface area contributed by atoms with Gasteiger partial charge < -0.3 is 10.2 Å². The molecule has 0 aromatic heterocycles. The van der Waals surface area contributed by atoms with E-state index in [4.69, 9.17) is 0 Å². The van der Waals surface area contributed by atoms with Crippen LogP contribution in [0.15, 0.2) is 48.5 Å². The SMILES string of the molecule is Cc1ccc(CN2CCCN(C(=O)Nc3cccc(C)c3)CC2)cc1. The van der Waals surface area contributed by atoms with Gasteiger partial charge in [-0.1, -0.05) is 42.0 Å². The molecule has 1 heterocycles. The van der Waals surface area contributed by atoms with Crippen molar-refractivity contribution < 1.29 is 4.79 Å². The Morgan fingerprint density at radius 1 is 0.960 bits per heavy atom. The molecule has 1 saturated heterocycles. The van der Waals surface area contributed by atoms with E-state index in [-0.39, 0.29) is 6.03 Å². The summed E-state index contributed by atoms with van der Waals surface area (Å²) in [4.78, 5) is 16.9. The minimum absolute atomic E-state index is 0.00258. The van der Waals surface area contributed by atoms with E-state index in [1.807, 2.05) is 36.1 Å². The first-order valence-corrected chi connectivity index (χ1v) is 9.01. The van der Waals surface area contributed by atoms with Crippen molar-refractivity contribution >= 4 is 11.7 Å². The average molecular weight is 337 g/mol. The molecular weight excluding hydrogens is 310 g/mol. The van der Waals surface area contributed by atoms with Crippen LogP contribution in [0.5, 0.6) is 0 Å². The third-order valence-electron chi connectivity index (χ3n) is 4.67. The minimum Gasteiger partial charge on any atom is -0.323 e. The Balaban J connectivity index is 1.54. The molecule has 1 aliphatic rings. The van der Waals surface area contributed by atoms with Gasteiger partial charge in [-0.2, -0.15) is 0 Å². The van der Waals surface area contributed by atoms with Crippen LogP contribution in [0.3, 0.4) is 0 Å². The largest absolute Gasteiger partial charge is 0.323 e. The molecule has 1 N–H and O–H groups in total. The van der Waals surface area contributed by atoms with Crippen molar-refractivity contribution in [2.75, 3.05) is 31.5 Å². The fraction of sp³-hybridized carbons (Fsp3) is 0.381. The zero-order chi connectivity index (χ0) is 17.6. The fourth-order valence-corrected chi connectivity index (χ4v) is 3.21. The van der Waals surface area contributed by atoms with Crippen LogP contribution < -0.4 is 5.32 Å². The molecule has 0 aliphatic carbocycles. The molecule has 0 bridgehead atoms. The lowest BCUT2D eigenvalue weighted by molar-refractivity contribution is 0.211. The van der Waals surface area contributed by atoms with E-state index in [9.17, 15) is 4.79 Å². The molecular formula is C21H27N3O. The van der Waals surface area contributed by atoms with Crippen LogP contribution in [-0.2, 0) is 6.54 Å². The summed E-state index contributed by atoms with van der Waals surface area (Å²) in [6.45, 7) is 8.61. The average Bonchev–Trinajstić information content (AvgIpc) is 2.83. The van der Waals surface area contributed by atoms with Crippen LogP contribution in [0.2, 0.25) is 0 Å². The molecule has 0 atom stereocenters. The second kappa shape index (κ2) is 8.17. The van der Waals surface area contributed by atoms with Gasteiger partial charge in [0, 0.05) is 38.4 Å². The summed E-state index contributed by atoms with van der Waals surface area (Å²) in [5.41, 5.74) is 4.64. The van der Waals surface area contributed by atoms with Crippen molar-refractivity contribution in [3.05, 3.63) is 65.2 Å². The molecule has 0 radical (unpaired) electrons. The van der Waals surface area contributed by atoms with Crippen LogP contribution >= 0.6 is 0 Å². The van der Waals surface area contributed by atoms with Crippen LogP contribution in [0.25, 0.3) is 0 Å². The molecule has 25 heavy (non-hydrogen) atoms. The van der Waals surface area contributed by atoms with Crippen LogP contribution in [-0.4, -0.2) is 42.0 Å². The highest BCUT2D eigenvalue weighted by Gasteiger charge is 2.19. The maximum Gasteiger partial charge on any atom is 0.321 e. The van der Waals surface area contributed by atoms with E-state index in [2.05, 4.69) is 41.4 Å². The van der Waals surface area contributed by atoms with Gasteiger partial charge in [-0.15, -0.1) is 0 Å².